The van der Waals surface area contributed by atoms with Gasteiger partial charge in [-0.15, -0.1) is 22.7 Å². The molecule has 3 aromatic rings. The first-order valence-corrected chi connectivity index (χ1v) is 13.2. The van der Waals surface area contributed by atoms with Gasteiger partial charge in [0.05, 0.1) is 28.3 Å². The first kappa shape index (κ1) is 25.2. The van der Waals surface area contributed by atoms with Crippen molar-refractivity contribution in [2.45, 2.75) is 31.8 Å². The zero-order valence-electron chi connectivity index (χ0n) is 19.5. The Bertz CT molecular complexity index is 1260. The molecule has 35 heavy (non-hydrogen) atoms. The van der Waals surface area contributed by atoms with Crippen LogP contribution in [0.25, 0.3) is 0 Å². The topological polar surface area (TPSA) is 102 Å². The summed E-state index contributed by atoms with van der Waals surface area (Å²) >= 11 is 8.80. The molecule has 1 fully saturated rings. The van der Waals surface area contributed by atoms with Gasteiger partial charge in [0.1, 0.15) is 11.8 Å². The van der Waals surface area contributed by atoms with Crippen LogP contribution < -0.4 is 15.8 Å². The lowest BCUT2D eigenvalue weighted by Crippen LogP contribution is -2.50. The second-order valence-electron chi connectivity index (χ2n) is 8.30. The molecule has 3 amide bonds. The van der Waals surface area contributed by atoms with Gasteiger partial charge in [0, 0.05) is 17.3 Å². The molecular weight excluding hydrogens is 506 g/mol. The van der Waals surface area contributed by atoms with Crippen LogP contribution >= 0.6 is 34.3 Å². The predicted octanol–water partition coefficient (Wildman–Crippen LogP) is 5.00. The molecule has 0 aliphatic carbocycles. The molecule has 0 spiro atoms. The highest BCUT2D eigenvalue weighted by molar-refractivity contribution is 7.18. The van der Waals surface area contributed by atoms with Gasteiger partial charge in [0.25, 0.3) is 0 Å². The summed E-state index contributed by atoms with van der Waals surface area (Å²) in [4.78, 5) is 43.4. The van der Waals surface area contributed by atoms with Crippen LogP contribution in [-0.2, 0) is 4.79 Å². The van der Waals surface area contributed by atoms with Crippen LogP contribution in [0.3, 0.4) is 0 Å². The van der Waals surface area contributed by atoms with Crippen molar-refractivity contribution in [2.75, 3.05) is 13.7 Å². The van der Waals surface area contributed by atoms with Crippen molar-refractivity contribution in [3.8, 4) is 5.75 Å². The van der Waals surface area contributed by atoms with Crippen LogP contribution in [0, 0.1) is 12.8 Å². The fourth-order valence-electron chi connectivity index (χ4n) is 4.85. The Morgan fingerprint density at radius 3 is 2.54 bits per heavy atom. The number of rotatable bonds is 7. The van der Waals surface area contributed by atoms with E-state index in [0.717, 1.165) is 10.4 Å². The highest BCUT2D eigenvalue weighted by Gasteiger charge is 2.57. The number of halogens is 1. The number of Topliss-reactive ketones (excluding diaryl/α,β-unsaturated/α-hetero) is 1. The minimum absolute atomic E-state index is 0.189. The van der Waals surface area contributed by atoms with Crippen LogP contribution in [0.5, 0.6) is 5.75 Å². The number of likely N-dealkylation sites (tertiary alicyclic amines) is 1. The Balaban J connectivity index is 1.99. The summed E-state index contributed by atoms with van der Waals surface area (Å²) in [7, 11) is 1.55. The number of ketones is 1. The molecule has 4 unspecified atom stereocenters. The molecule has 2 aromatic heterocycles. The second kappa shape index (κ2) is 10.4. The van der Waals surface area contributed by atoms with Crippen LogP contribution in [0.2, 0.25) is 4.34 Å². The van der Waals surface area contributed by atoms with Gasteiger partial charge < -0.3 is 20.7 Å². The van der Waals surface area contributed by atoms with E-state index < -0.39 is 35.9 Å². The van der Waals surface area contributed by atoms with Gasteiger partial charge >= 0.3 is 6.03 Å². The molecule has 1 aromatic carbocycles. The van der Waals surface area contributed by atoms with Gasteiger partial charge in [-0.05, 0) is 60.7 Å². The molecule has 10 heteroatoms. The maximum absolute atomic E-state index is 14.1. The van der Waals surface area contributed by atoms with E-state index in [9.17, 15) is 14.4 Å². The Morgan fingerprint density at radius 2 is 1.97 bits per heavy atom. The second-order valence-corrected chi connectivity index (χ2v) is 11.0. The number of carbonyl (C=O) groups excluding carboxylic acids is 3. The molecule has 184 valence electrons. The Labute approximate surface area is 216 Å². The zero-order valence-corrected chi connectivity index (χ0v) is 21.9. The number of nitrogens with zero attached hydrogens (tertiary/aromatic N) is 1. The van der Waals surface area contributed by atoms with Crippen LogP contribution in [0.4, 0.5) is 4.79 Å². The fourth-order valence-corrected chi connectivity index (χ4v) is 6.96. The van der Waals surface area contributed by atoms with Gasteiger partial charge in [-0.3, -0.25) is 9.59 Å². The molecule has 4 atom stereocenters. The summed E-state index contributed by atoms with van der Waals surface area (Å²) < 4.78 is 5.90. The van der Waals surface area contributed by atoms with Gasteiger partial charge in [0.2, 0.25) is 5.91 Å². The largest absolute Gasteiger partial charge is 0.497 e. The normalized spacial score (nSPS) is 21.7. The third-order valence-corrected chi connectivity index (χ3v) is 8.62. The van der Waals surface area contributed by atoms with Gasteiger partial charge in [-0.1, -0.05) is 23.7 Å². The van der Waals surface area contributed by atoms with E-state index in [-0.39, 0.29) is 5.78 Å². The molecule has 7 nitrogen and oxygen atoms in total. The number of nitrogens with one attached hydrogen (secondary N) is 1. The number of nitrogens with two attached hydrogens (primary N) is 1. The third-order valence-electron chi connectivity index (χ3n) is 6.29. The molecule has 0 saturated carbocycles. The van der Waals surface area contributed by atoms with Crippen LogP contribution in [0.1, 0.15) is 44.6 Å². The number of aryl methyl sites for hydroxylation is 1. The van der Waals surface area contributed by atoms with Gasteiger partial charge in [0.15, 0.2) is 5.78 Å². The average molecular weight is 532 g/mol. The SMILES string of the molecule is CCNC(=O)N1C(C(N)=O)C(c2cccc(OC)c2)C(C(=O)c2ccc(Cl)s2)C1c1sccc1C. The number of hydrogen-bond acceptors (Lipinski definition) is 6. The lowest BCUT2D eigenvalue weighted by Gasteiger charge is -2.30. The quantitative estimate of drug-likeness (QED) is 0.419. The van der Waals surface area contributed by atoms with Gasteiger partial charge in [-0.25, -0.2) is 4.79 Å². The maximum Gasteiger partial charge on any atom is 0.318 e. The van der Waals surface area contributed by atoms with E-state index in [2.05, 4.69) is 5.32 Å². The number of carbonyl (C=O) groups is 3. The number of methoxy groups -OCH3 is 1. The molecule has 3 heterocycles. The third kappa shape index (κ3) is 4.68. The summed E-state index contributed by atoms with van der Waals surface area (Å²) in [6.45, 7) is 4.10. The Kier molecular flexibility index (Phi) is 7.49. The van der Waals surface area contributed by atoms with Crippen LogP contribution in [0.15, 0.2) is 47.8 Å². The molecule has 1 aliphatic heterocycles. The van der Waals surface area contributed by atoms with Crippen molar-refractivity contribution in [3.05, 3.63) is 73.1 Å². The van der Waals surface area contributed by atoms with E-state index in [1.807, 2.05) is 24.4 Å². The average Bonchev–Trinajstić information content (AvgIpc) is 3.55. The van der Waals surface area contributed by atoms with Crippen molar-refractivity contribution < 1.29 is 19.1 Å². The summed E-state index contributed by atoms with van der Waals surface area (Å²) in [5, 5.41) is 4.73. The van der Waals surface area contributed by atoms with E-state index in [0.29, 0.717) is 27.1 Å². The van der Waals surface area contributed by atoms with Crippen molar-refractivity contribution in [1.29, 1.82) is 0 Å². The standard InChI is InChI=1S/C25H26ClN3O4S2/c1-4-28-25(32)29-20(23-13(2)10-11-34-23)19(22(30)16-8-9-17(26)35-16)18(21(29)24(27)31)14-6-5-7-15(12-14)33-3/h5-12,18-21H,4H2,1-3H3,(H2,27,31)(H,28,32). The first-order chi connectivity index (χ1) is 16.8. The lowest BCUT2D eigenvalue weighted by molar-refractivity contribution is -0.122. The monoisotopic (exact) mass is 531 g/mol. The summed E-state index contributed by atoms with van der Waals surface area (Å²) in [6, 6.07) is 10.3. The van der Waals surface area contributed by atoms with E-state index in [4.69, 9.17) is 22.1 Å². The molecule has 1 aliphatic rings. The summed E-state index contributed by atoms with van der Waals surface area (Å²) in [6.07, 6.45) is 0. The predicted molar refractivity (Wildman–Crippen MR) is 139 cm³/mol. The Hall–Kier alpha value is -2.88. The van der Waals surface area contributed by atoms with E-state index in [1.54, 1.807) is 44.4 Å². The molecule has 1 saturated heterocycles. The lowest BCUT2D eigenvalue weighted by atomic mass is 9.78. The minimum Gasteiger partial charge on any atom is -0.497 e. The number of urea groups is 1. The number of thiophene rings is 2. The highest BCUT2D eigenvalue weighted by Crippen LogP contribution is 2.53. The van der Waals surface area contributed by atoms with Gasteiger partial charge in [-0.2, -0.15) is 0 Å². The number of primary amides is 1. The number of benzene rings is 1. The highest BCUT2D eigenvalue weighted by atomic mass is 35.5. The smallest absolute Gasteiger partial charge is 0.318 e. The number of ether oxygens (including phenoxy) is 1. The molecule has 0 bridgehead atoms. The molecule has 3 N–H and O–H groups in total. The zero-order chi connectivity index (χ0) is 25.3. The molecular formula is C25H26ClN3O4S2. The fraction of sp³-hybridized carbons (Fsp3) is 0.320. The summed E-state index contributed by atoms with van der Waals surface area (Å²) in [5.74, 6) is -1.75. The number of hydrogen-bond donors (Lipinski definition) is 2. The molecule has 4 rings (SSSR count). The van der Waals surface area contributed by atoms with E-state index >= 15 is 0 Å². The minimum atomic E-state index is -1.05. The summed E-state index contributed by atoms with van der Waals surface area (Å²) in [5.41, 5.74) is 7.59. The van der Waals surface area contributed by atoms with Crippen molar-refractivity contribution in [3.63, 3.8) is 0 Å². The van der Waals surface area contributed by atoms with Crippen molar-refractivity contribution in [2.24, 2.45) is 11.7 Å². The number of amides is 3. The Morgan fingerprint density at radius 1 is 1.20 bits per heavy atom. The van der Waals surface area contributed by atoms with Crippen molar-refractivity contribution >= 4 is 52.0 Å². The van der Waals surface area contributed by atoms with Crippen LogP contribution in [-0.4, -0.2) is 42.3 Å². The maximum atomic E-state index is 14.1. The first-order valence-electron chi connectivity index (χ1n) is 11.1. The van der Waals surface area contributed by atoms with E-state index in [1.165, 1.54) is 27.6 Å². The molecule has 0 radical (unpaired) electrons. The van der Waals surface area contributed by atoms with Crippen molar-refractivity contribution in [1.82, 2.24) is 10.2 Å².